The van der Waals surface area contributed by atoms with Crippen molar-refractivity contribution in [1.29, 1.82) is 0 Å². The van der Waals surface area contributed by atoms with Crippen LogP contribution in [0, 0.1) is 0 Å². The van der Waals surface area contributed by atoms with Crippen LogP contribution in [0.5, 0.6) is 0 Å². The molecule has 1 heterocycles. The van der Waals surface area contributed by atoms with Crippen LogP contribution in [0.25, 0.3) is 0 Å². The van der Waals surface area contributed by atoms with Crippen LogP contribution in [0.2, 0.25) is 0 Å². The molecular weight excluding hydrogens is 220 g/mol. The number of amides is 1. The minimum absolute atomic E-state index is 0.140. The van der Waals surface area contributed by atoms with E-state index in [0.29, 0.717) is 18.7 Å². The van der Waals surface area contributed by atoms with Crippen molar-refractivity contribution < 1.29 is 9.90 Å². The van der Waals surface area contributed by atoms with Crippen LogP contribution in [-0.2, 0) is 6.42 Å². The molecule has 0 saturated carbocycles. The van der Waals surface area contributed by atoms with Gasteiger partial charge in [-0.15, -0.1) is 0 Å². The summed E-state index contributed by atoms with van der Waals surface area (Å²) in [6.07, 6.45) is 3.16. The predicted octanol–water partition coefficient (Wildman–Crippen LogP) is 0.447. The van der Waals surface area contributed by atoms with Gasteiger partial charge in [-0.25, -0.2) is 0 Å². The fraction of sp³-hybridized carbons (Fsp3) is 0.636. The minimum Gasteiger partial charge on any atom is -0.396 e. The molecule has 0 aromatic carbocycles. The Morgan fingerprint density at radius 2 is 2.29 bits per heavy atom. The largest absolute Gasteiger partial charge is 0.396 e. The first kappa shape index (κ1) is 13.5. The number of nitrogens with two attached hydrogens (primary N) is 1. The van der Waals surface area contributed by atoms with E-state index in [4.69, 9.17) is 10.8 Å². The van der Waals surface area contributed by atoms with E-state index < -0.39 is 0 Å². The molecule has 1 rings (SSSR count). The van der Waals surface area contributed by atoms with Crippen LogP contribution in [-0.4, -0.2) is 34.4 Å². The first-order valence-corrected chi connectivity index (χ1v) is 5.92. The summed E-state index contributed by atoms with van der Waals surface area (Å²) in [7, 11) is 0. The number of aromatic nitrogens is 2. The van der Waals surface area contributed by atoms with Crippen molar-refractivity contribution in [3.63, 3.8) is 0 Å². The van der Waals surface area contributed by atoms with Gasteiger partial charge in [0.1, 0.15) is 0 Å². The molecule has 0 atom stereocenters. The number of nitrogen functional groups attached to an aromatic ring is 1. The van der Waals surface area contributed by atoms with Gasteiger partial charge in [0.15, 0.2) is 5.69 Å². The molecule has 0 fully saturated rings. The highest BCUT2D eigenvalue weighted by atomic mass is 16.2. The highest BCUT2D eigenvalue weighted by molar-refractivity contribution is 5.97. The average Bonchev–Trinajstić information content (AvgIpc) is 2.67. The third-order valence-electron chi connectivity index (χ3n) is 2.47. The fourth-order valence-electron chi connectivity index (χ4n) is 1.52. The lowest BCUT2D eigenvalue weighted by Crippen LogP contribution is -2.25. The quantitative estimate of drug-likeness (QED) is 0.519. The second kappa shape index (κ2) is 6.90. The number of aliphatic hydroxyl groups is 1. The molecule has 17 heavy (non-hydrogen) atoms. The molecule has 0 spiro atoms. The van der Waals surface area contributed by atoms with E-state index in [0.717, 1.165) is 25.0 Å². The number of aliphatic hydroxyl groups excluding tert-OH is 1. The number of aryl methyl sites for hydroxylation is 1. The number of anilines is 1. The standard InChI is InChI=1S/C11H20N4O2/c1-2-5-8-9(12)10(15-14-8)11(17)13-6-3-4-7-16/h16H,2-7,12H2,1H3,(H,13,17)(H,14,15). The van der Waals surface area contributed by atoms with Gasteiger partial charge in [0, 0.05) is 13.2 Å². The maximum Gasteiger partial charge on any atom is 0.273 e. The fourth-order valence-corrected chi connectivity index (χ4v) is 1.52. The van der Waals surface area contributed by atoms with Gasteiger partial charge in [0.2, 0.25) is 0 Å². The summed E-state index contributed by atoms with van der Waals surface area (Å²) in [4.78, 5) is 11.7. The third kappa shape index (κ3) is 3.74. The lowest BCUT2D eigenvalue weighted by molar-refractivity contribution is 0.0948. The van der Waals surface area contributed by atoms with E-state index >= 15 is 0 Å². The van der Waals surface area contributed by atoms with Gasteiger partial charge in [-0.2, -0.15) is 5.10 Å². The van der Waals surface area contributed by atoms with Crippen molar-refractivity contribution >= 4 is 11.6 Å². The molecule has 0 unspecified atom stereocenters. The summed E-state index contributed by atoms with van der Waals surface area (Å²) in [5.74, 6) is -0.265. The summed E-state index contributed by atoms with van der Waals surface area (Å²) in [5, 5.41) is 18.0. The molecule has 1 aromatic heterocycles. The van der Waals surface area contributed by atoms with Gasteiger partial charge >= 0.3 is 0 Å². The predicted molar refractivity (Wildman–Crippen MR) is 65.6 cm³/mol. The van der Waals surface area contributed by atoms with Gasteiger partial charge in [0.25, 0.3) is 5.91 Å². The molecule has 1 aromatic rings. The third-order valence-corrected chi connectivity index (χ3v) is 2.47. The van der Waals surface area contributed by atoms with E-state index in [9.17, 15) is 4.79 Å². The summed E-state index contributed by atoms with van der Waals surface area (Å²) >= 11 is 0. The second-order valence-corrected chi connectivity index (χ2v) is 3.90. The van der Waals surface area contributed by atoms with Crippen molar-refractivity contribution in [1.82, 2.24) is 15.5 Å². The zero-order valence-corrected chi connectivity index (χ0v) is 10.1. The van der Waals surface area contributed by atoms with E-state index in [1.165, 1.54) is 0 Å². The van der Waals surface area contributed by atoms with Gasteiger partial charge in [0.05, 0.1) is 11.4 Å². The molecule has 0 radical (unpaired) electrons. The Balaban J connectivity index is 2.51. The number of hydrogen-bond donors (Lipinski definition) is 4. The van der Waals surface area contributed by atoms with Gasteiger partial charge < -0.3 is 16.2 Å². The monoisotopic (exact) mass is 240 g/mol. The average molecular weight is 240 g/mol. The molecule has 0 aliphatic carbocycles. The molecule has 6 nitrogen and oxygen atoms in total. The van der Waals surface area contributed by atoms with Crippen molar-refractivity contribution in [3.8, 4) is 0 Å². The van der Waals surface area contributed by atoms with Gasteiger partial charge in [-0.3, -0.25) is 9.89 Å². The number of rotatable bonds is 7. The SMILES string of the molecule is CCCc1[nH]nc(C(=O)NCCCCO)c1N. The topological polar surface area (TPSA) is 104 Å². The van der Waals surface area contributed by atoms with Crippen molar-refractivity contribution in [2.45, 2.75) is 32.6 Å². The highest BCUT2D eigenvalue weighted by Gasteiger charge is 2.15. The Labute approximate surface area is 101 Å². The second-order valence-electron chi connectivity index (χ2n) is 3.90. The van der Waals surface area contributed by atoms with Crippen LogP contribution < -0.4 is 11.1 Å². The Morgan fingerprint density at radius 3 is 2.94 bits per heavy atom. The zero-order chi connectivity index (χ0) is 12.7. The van der Waals surface area contributed by atoms with E-state index in [2.05, 4.69) is 15.5 Å². The Hall–Kier alpha value is -1.56. The van der Waals surface area contributed by atoms with Crippen molar-refractivity contribution in [3.05, 3.63) is 11.4 Å². The van der Waals surface area contributed by atoms with Crippen molar-refractivity contribution in [2.75, 3.05) is 18.9 Å². The molecule has 0 bridgehead atoms. The molecule has 0 saturated heterocycles. The maximum atomic E-state index is 11.7. The van der Waals surface area contributed by atoms with E-state index in [1.807, 2.05) is 6.92 Å². The number of aromatic amines is 1. The van der Waals surface area contributed by atoms with Crippen LogP contribution >= 0.6 is 0 Å². The molecule has 0 aliphatic rings. The van der Waals surface area contributed by atoms with Gasteiger partial charge in [-0.05, 0) is 19.3 Å². The van der Waals surface area contributed by atoms with E-state index in [-0.39, 0.29) is 18.2 Å². The summed E-state index contributed by atoms with van der Waals surface area (Å²) in [6, 6.07) is 0. The smallest absolute Gasteiger partial charge is 0.273 e. The molecule has 6 heteroatoms. The number of nitrogens with zero attached hydrogens (tertiary/aromatic N) is 1. The van der Waals surface area contributed by atoms with Crippen LogP contribution in [0.3, 0.4) is 0 Å². The summed E-state index contributed by atoms with van der Waals surface area (Å²) in [5.41, 5.74) is 7.34. The maximum absolute atomic E-state index is 11.7. The number of nitrogens with one attached hydrogen (secondary N) is 2. The number of H-pyrrole nitrogens is 1. The van der Waals surface area contributed by atoms with Crippen LogP contribution in [0.15, 0.2) is 0 Å². The first-order valence-electron chi connectivity index (χ1n) is 5.92. The lowest BCUT2D eigenvalue weighted by atomic mass is 10.2. The van der Waals surface area contributed by atoms with Crippen LogP contribution in [0.1, 0.15) is 42.4 Å². The molecular formula is C11H20N4O2. The number of hydrogen-bond acceptors (Lipinski definition) is 4. The van der Waals surface area contributed by atoms with E-state index in [1.54, 1.807) is 0 Å². The Morgan fingerprint density at radius 1 is 1.53 bits per heavy atom. The van der Waals surface area contributed by atoms with Crippen LogP contribution in [0.4, 0.5) is 5.69 Å². The molecule has 0 aliphatic heterocycles. The number of carbonyl (C=O) groups is 1. The summed E-state index contributed by atoms with van der Waals surface area (Å²) < 4.78 is 0. The molecule has 5 N–H and O–H groups in total. The Kier molecular flexibility index (Phi) is 5.48. The van der Waals surface area contributed by atoms with Gasteiger partial charge in [-0.1, -0.05) is 13.3 Å². The Bertz CT molecular complexity index is 362. The molecule has 96 valence electrons. The first-order chi connectivity index (χ1) is 8.20. The number of carbonyl (C=O) groups excluding carboxylic acids is 1. The minimum atomic E-state index is -0.265. The summed E-state index contributed by atoms with van der Waals surface area (Å²) in [6.45, 7) is 2.70. The normalized spacial score (nSPS) is 10.5. The molecule has 1 amide bonds. The van der Waals surface area contributed by atoms with Crippen molar-refractivity contribution in [2.24, 2.45) is 0 Å². The number of unbranched alkanes of at least 4 members (excludes halogenated alkanes) is 1. The zero-order valence-electron chi connectivity index (χ0n) is 10.1. The highest BCUT2D eigenvalue weighted by Crippen LogP contribution is 2.15. The lowest BCUT2D eigenvalue weighted by Gasteiger charge is -2.02.